The first-order chi connectivity index (χ1) is 21.5. The van der Waals surface area contributed by atoms with E-state index in [-0.39, 0.29) is 17.1 Å². The number of carbonyl (C=O) groups is 1. The van der Waals surface area contributed by atoms with Gasteiger partial charge in [0.2, 0.25) is 6.41 Å². The van der Waals surface area contributed by atoms with Gasteiger partial charge in [-0.05, 0) is 48.4 Å². The topological polar surface area (TPSA) is 52.9 Å². The highest BCUT2D eigenvalue weighted by atomic mass is 19.1. The molecule has 6 aromatic rings. The van der Waals surface area contributed by atoms with Gasteiger partial charge < -0.3 is 9.88 Å². The number of aromatic nitrogens is 1. The van der Waals surface area contributed by atoms with Gasteiger partial charge in [-0.25, -0.2) is 8.78 Å². The molecule has 0 unspecified atom stereocenters. The van der Waals surface area contributed by atoms with Crippen molar-refractivity contribution >= 4 is 63.0 Å². The smallest absolute Gasteiger partial charge is 0.218 e. The zero-order chi connectivity index (χ0) is 30.8. The second-order valence-electron chi connectivity index (χ2n) is 10.2. The van der Waals surface area contributed by atoms with Gasteiger partial charge in [-0.15, -0.1) is 0 Å². The average molecular weight is 588 g/mol. The van der Waals surface area contributed by atoms with Crippen molar-refractivity contribution in [2.24, 2.45) is 4.99 Å². The molecular weight excluding hydrogens is 556 g/mol. The van der Waals surface area contributed by atoms with E-state index >= 15 is 8.78 Å². The predicted octanol–water partition coefficient (Wildman–Crippen LogP) is 8.76. The quantitative estimate of drug-likeness (QED) is 0.105. The summed E-state index contributed by atoms with van der Waals surface area (Å²) in [5.74, 6) is -1.68. The predicted molar refractivity (Wildman–Crippen MR) is 177 cm³/mol. The molecule has 0 aliphatic rings. The summed E-state index contributed by atoms with van der Waals surface area (Å²) in [7, 11) is 3.32. The molecule has 6 rings (SSSR count). The second-order valence-corrected chi connectivity index (χ2v) is 10.2. The normalized spacial score (nSPS) is 11.4. The average Bonchev–Trinajstić information content (AvgIpc) is 3.39. The van der Waals surface area contributed by atoms with Crippen LogP contribution < -0.4 is 15.1 Å². The first-order valence-corrected chi connectivity index (χ1v) is 14.3. The first-order valence-electron chi connectivity index (χ1n) is 14.3. The van der Waals surface area contributed by atoms with Gasteiger partial charge >= 0.3 is 0 Å². The van der Waals surface area contributed by atoms with Crippen LogP contribution in [0.3, 0.4) is 0 Å². The lowest BCUT2D eigenvalue weighted by atomic mass is 10.1. The molecule has 1 N–H and O–H groups in total. The van der Waals surface area contributed by atoms with Crippen LogP contribution in [-0.2, 0) is 11.2 Å². The molecule has 220 valence electrons. The van der Waals surface area contributed by atoms with E-state index in [2.05, 4.69) is 10.3 Å². The number of rotatable bonds is 9. The van der Waals surface area contributed by atoms with Crippen LogP contribution in [0.15, 0.2) is 108 Å². The van der Waals surface area contributed by atoms with Crippen LogP contribution in [0.1, 0.15) is 12.5 Å². The molecule has 1 aromatic heterocycles. The molecule has 0 spiro atoms. The van der Waals surface area contributed by atoms with Crippen LogP contribution in [0.25, 0.3) is 27.5 Å². The summed E-state index contributed by atoms with van der Waals surface area (Å²) in [6.45, 7) is 2.01. The second kappa shape index (κ2) is 12.0. The lowest BCUT2D eigenvalue weighted by molar-refractivity contribution is -0.106. The summed E-state index contributed by atoms with van der Waals surface area (Å²) >= 11 is 0. The molecule has 0 aliphatic heterocycles. The lowest BCUT2D eigenvalue weighted by Crippen LogP contribution is -2.23. The van der Waals surface area contributed by atoms with Gasteiger partial charge in [0.15, 0.2) is 11.6 Å². The highest BCUT2D eigenvalue weighted by molar-refractivity contribution is 6.09. The van der Waals surface area contributed by atoms with E-state index in [1.807, 2.05) is 85.8 Å². The monoisotopic (exact) mass is 587 g/mol. The van der Waals surface area contributed by atoms with Crippen LogP contribution >= 0.6 is 0 Å². The molecular formula is C36H31F2N5O. The van der Waals surface area contributed by atoms with Gasteiger partial charge in [-0.1, -0.05) is 73.7 Å². The minimum atomic E-state index is -0.882. The van der Waals surface area contributed by atoms with E-state index in [1.54, 1.807) is 41.8 Å². The highest BCUT2D eigenvalue weighted by Crippen LogP contribution is 2.43. The minimum absolute atomic E-state index is 0.0403. The lowest BCUT2D eigenvalue weighted by Gasteiger charge is -2.28. The van der Waals surface area contributed by atoms with Gasteiger partial charge in [-0.2, -0.15) is 0 Å². The number of aliphatic imine (C=N–C) groups is 1. The number of nitrogens with zero attached hydrogens (tertiary/aromatic N) is 4. The third kappa shape index (κ3) is 4.65. The van der Waals surface area contributed by atoms with Crippen molar-refractivity contribution in [1.82, 2.24) is 4.57 Å². The minimum Gasteiger partial charge on any atom is -0.386 e. The summed E-state index contributed by atoms with van der Waals surface area (Å²) < 4.78 is 36.0. The van der Waals surface area contributed by atoms with Crippen molar-refractivity contribution in [3.63, 3.8) is 0 Å². The summed E-state index contributed by atoms with van der Waals surface area (Å²) in [5.41, 5.74) is 3.55. The van der Waals surface area contributed by atoms with Gasteiger partial charge in [0.1, 0.15) is 5.69 Å². The van der Waals surface area contributed by atoms with E-state index < -0.39 is 11.6 Å². The third-order valence-corrected chi connectivity index (χ3v) is 7.86. The summed E-state index contributed by atoms with van der Waals surface area (Å²) in [4.78, 5) is 19.9. The Kier molecular flexibility index (Phi) is 7.81. The molecule has 0 fully saturated rings. The van der Waals surface area contributed by atoms with Crippen molar-refractivity contribution in [2.75, 3.05) is 29.2 Å². The van der Waals surface area contributed by atoms with E-state index in [4.69, 9.17) is 0 Å². The van der Waals surface area contributed by atoms with Crippen molar-refractivity contribution < 1.29 is 13.6 Å². The summed E-state index contributed by atoms with van der Waals surface area (Å²) in [5, 5.41) is 4.77. The number of carbonyl (C=O) groups excluding carboxylic acids is 1. The Morgan fingerprint density at radius 1 is 0.750 bits per heavy atom. The fraction of sp³-hybridized carbons (Fsp3) is 0.111. The van der Waals surface area contributed by atoms with Crippen LogP contribution in [0.2, 0.25) is 0 Å². The Labute approximate surface area is 254 Å². The van der Waals surface area contributed by atoms with Crippen molar-refractivity contribution in [2.45, 2.75) is 13.3 Å². The standard InChI is InChI=1S/C36H31F2N5O/c1-4-24-13-5-9-17-28(24)41(22-39-2)32-21-33(42(23-44)31-20-12-8-16-27(31)40-3)35(38)36(34(32)37)43-29-18-10-6-14-25(29)26-15-7-11-19-30(26)43/h5-23,40H,4H2,1-3H3. The molecule has 0 aliphatic carbocycles. The van der Waals surface area contributed by atoms with E-state index in [1.165, 1.54) is 17.3 Å². The maximum absolute atomic E-state index is 17.3. The number of benzene rings is 5. The SMILES string of the molecule is CCc1ccccc1N(C=NC)c1cc(N(C=O)c2ccccc2NC)c(F)c(-n2c3ccccc3c3ccccc32)c1F. The number of hydrogen-bond acceptors (Lipinski definition) is 3. The number of nitrogens with one attached hydrogen (secondary N) is 1. The largest absolute Gasteiger partial charge is 0.386 e. The van der Waals surface area contributed by atoms with Crippen molar-refractivity contribution in [3.05, 3.63) is 120 Å². The first kappa shape index (κ1) is 28.6. The molecule has 8 heteroatoms. The van der Waals surface area contributed by atoms with Gasteiger partial charge in [0.25, 0.3) is 0 Å². The number of para-hydroxylation sites is 5. The molecule has 0 bridgehead atoms. The molecule has 0 saturated heterocycles. The fourth-order valence-corrected chi connectivity index (χ4v) is 5.86. The Balaban J connectivity index is 1.76. The maximum atomic E-state index is 17.3. The number of halogens is 2. The van der Waals surface area contributed by atoms with E-state index in [0.29, 0.717) is 40.9 Å². The van der Waals surface area contributed by atoms with Crippen LogP contribution in [-0.4, -0.2) is 31.4 Å². The highest BCUT2D eigenvalue weighted by Gasteiger charge is 2.30. The zero-order valence-electron chi connectivity index (χ0n) is 24.6. The molecule has 0 radical (unpaired) electrons. The molecule has 1 amide bonds. The van der Waals surface area contributed by atoms with Gasteiger partial charge in [0, 0.05) is 24.9 Å². The molecule has 44 heavy (non-hydrogen) atoms. The maximum Gasteiger partial charge on any atom is 0.218 e. The van der Waals surface area contributed by atoms with Crippen LogP contribution in [0, 0.1) is 11.6 Å². The number of aryl methyl sites for hydroxylation is 1. The molecule has 1 heterocycles. The molecule has 5 aromatic carbocycles. The number of anilines is 5. The Hall–Kier alpha value is -5.50. The van der Waals surface area contributed by atoms with Crippen molar-refractivity contribution in [3.8, 4) is 5.69 Å². The number of fused-ring (bicyclic) bond motifs is 3. The van der Waals surface area contributed by atoms with Gasteiger partial charge in [0.05, 0.1) is 45.8 Å². The molecule has 6 nitrogen and oxygen atoms in total. The van der Waals surface area contributed by atoms with Gasteiger partial charge in [-0.3, -0.25) is 19.6 Å². The molecule has 0 atom stereocenters. The van der Waals surface area contributed by atoms with Crippen LogP contribution in [0.4, 0.5) is 37.2 Å². The third-order valence-electron chi connectivity index (χ3n) is 7.86. The fourth-order valence-electron chi connectivity index (χ4n) is 5.86. The summed E-state index contributed by atoms with van der Waals surface area (Å²) in [6, 6.07) is 31.1. The Morgan fingerprint density at radius 2 is 1.30 bits per heavy atom. The van der Waals surface area contributed by atoms with Crippen molar-refractivity contribution in [1.29, 1.82) is 0 Å². The summed E-state index contributed by atoms with van der Waals surface area (Å²) in [6.07, 6.45) is 2.73. The Morgan fingerprint density at radius 3 is 1.89 bits per heavy atom. The Bertz CT molecular complexity index is 1980. The molecule has 0 saturated carbocycles. The number of hydrogen-bond donors (Lipinski definition) is 1. The van der Waals surface area contributed by atoms with E-state index in [9.17, 15) is 4.79 Å². The van der Waals surface area contributed by atoms with Crippen LogP contribution in [0.5, 0.6) is 0 Å². The van der Waals surface area contributed by atoms with E-state index in [0.717, 1.165) is 16.3 Å². The number of amides is 1. The zero-order valence-corrected chi connectivity index (χ0v) is 24.6.